The Kier molecular flexibility index (Phi) is 5.04. The zero-order valence-electron chi connectivity index (χ0n) is 16.7. The van der Waals surface area contributed by atoms with Gasteiger partial charge >= 0.3 is 0 Å². The molecule has 0 saturated heterocycles. The van der Waals surface area contributed by atoms with E-state index < -0.39 is 0 Å². The molecule has 5 nitrogen and oxygen atoms in total. The number of hydrogen-bond donors (Lipinski definition) is 2. The number of fused-ring (bicyclic) bond motifs is 2. The summed E-state index contributed by atoms with van der Waals surface area (Å²) in [7, 11) is 1.65. The van der Waals surface area contributed by atoms with E-state index in [1.165, 1.54) is 0 Å². The number of methoxy groups -OCH3 is 1. The van der Waals surface area contributed by atoms with E-state index in [1.54, 1.807) is 13.3 Å². The minimum Gasteiger partial charge on any atom is -0.497 e. The van der Waals surface area contributed by atoms with Crippen LogP contribution in [0.3, 0.4) is 0 Å². The first kappa shape index (κ1) is 18.7. The molecule has 0 bridgehead atoms. The first-order valence-electron chi connectivity index (χ1n) is 9.55. The normalized spacial score (nSPS) is 12.5. The van der Waals surface area contributed by atoms with E-state index in [1.807, 2.05) is 74.5 Å². The SMILES string of the molecule is COc1ccc2cc([C@@H](C)C(=O)N/N=C\c3c(C)[nH]c4ccccc34)ccc2c1. The summed E-state index contributed by atoms with van der Waals surface area (Å²) in [6, 6.07) is 20.0. The van der Waals surface area contributed by atoms with Crippen molar-refractivity contribution in [1.82, 2.24) is 10.4 Å². The second kappa shape index (κ2) is 7.80. The second-order valence-corrected chi connectivity index (χ2v) is 7.14. The molecule has 4 aromatic rings. The molecule has 0 unspecified atom stereocenters. The Morgan fingerprint density at radius 1 is 1.10 bits per heavy atom. The quantitative estimate of drug-likeness (QED) is 0.379. The van der Waals surface area contributed by atoms with Crippen molar-refractivity contribution in [3.05, 3.63) is 77.5 Å². The van der Waals surface area contributed by atoms with Gasteiger partial charge in [-0.3, -0.25) is 4.79 Å². The first-order chi connectivity index (χ1) is 14.1. The van der Waals surface area contributed by atoms with Gasteiger partial charge in [0.1, 0.15) is 5.75 Å². The molecule has 4 rings (SSSR count). The molecular weight excluding hydrogens is 362 g/mol. The fourth-order valence-electron chi connectivity index (χ4n) is 3.51. The van der Waals surface area contributed by atoms with Crippen molar-refractivity contribution >= 4 is 33.8 Å². The zero-order chi connectivity index (χ0) is 20.4. The smallest absolute Gasteiger partial charge is 0.247 e. The Morgan fingerprint density at radius 3 is 2.69 bits per heavy atom. The molecule has 5 heteroatoms. The van der Waals surface area contributed by atoms with Gasteiger partial charge in [-0.05, 0) is 48.4 Å². The molecule has 1 aromatic heterocycles. The van der Waals surface area contributed by atoms with Crippen LogP contribution >= 0.6 is 0 Å². The molecule has 29 heavy (non-hydrogen) atoms. The molecule has 3 aromatic carbocycles. The first-order valence-corrected chi connectivity index (χ1v) is 9.55. The minimum absolute atomic E-state index is 0.147. The minimum atomic E-state index is -0.317. The molecule has 1 amide bonds. The maximum Gasteiger partial charge on any atom is 0.247 e. The average molecular weight is 385 g/mol. The fraction of sp³-hybridized carbons (Fsp3) is 0.167. The van der Waals surface area contributed by atoms with Gasteiger partial charge in [-0.1, -0.05) is 42.5 Å². The number of nitrogens with one attached hydrogen (secondary N) is 2. The Bertz CT molecular complexity index is 1220. The summed E-state index contributed by atoms with van der Waals surface area (Å²) in [4.78, 5) is 15.9. The van der Waals surface area contributed by atoms with Crippen molar-refractivity contribution in [2.45, 2.75) is 19.8 Å². The number of aromatic amines is 1. The summed E-state index contributed by atoms with van der Waals surface area (Å²) >= 11 is 0. The van der Waals surface area contributed by atoms with Crippen molar-refractivity contribution in [3.8, 4) is 5.75 Å². The highest BCUT2D eigenvalue weighted by Crippen LogP contribution is 2.25. The van der Waals surface area contributed by atoms with Gasteiger partial charge in [0.2, 0.25) is 5.91 Å². The molecule has 0 spiro atoms. The van der Waals surface area contributed by atoms with Crippen molar-refractivity contribution in [2.24, 2.45) is 5.10 Å². The lowest BCUT2D eigenvalue weighted by atomic mass is 9.97. The van der Waals surface area contributed by atoms with Crippen LogP contribution in [0.2, 0.25) is 0 Å². The number of amides is 1. The highest BCUT2D eigenvalue weighted by atomic mass is 16.5. The van der Waals surface area contributed by atoms with E-state index in [0.29, 0.717) is 0 Å². The highest BCUT2D eigenvalue weighted by molar-refractivity contribution is 6.01. The Labute approximate surface area is 169 Å². The number of ether oxygens (including phenoxy) is 1. The summed E-state index contributed by atoms with van der Waals surface area (Å²) in [5.41, 5.74) is 6.67. The molecule has 0 saturated carbocycles. The highest BCUT2D eigenvalue weighted by Gasteiger charge is 2.15. The molecule has 0 aliphatic rings. The van der Waals surface area contributed by atoms with E-state index in [2.05, 4.69) is 15.5 Å². The van der Waals surface area contributed by atoms with Crippen molar-refractivity contribution < 1.29 is 9.53 Å². The third-order valence-corrected chi connectivity index (χ3v) is 5.28. The molecule has 1 heterocycles. The number of aromatic nitrogens is 1. The lowest BCUT2D eigenvalue weighted by molar-refractivity contribution is -0.122. The largest absolute Gasteiger partial charge is 0.497 e. The molecule has 0 fully saturated rings. The lowest BCUT2D eigenvalue weighted by Crippen LogP contribution is -2.23. The van der Waals surface area contributed by atoms with Gasteiger partial charge in [0.05, 0.1) is 19.2 Å². The van der Waals surface area contributed by atoms with Gasteiger partial charge in [0, 0.05) is 22.2 Å². The Morgan fingerprint density at radius 2 is 1.86 bits per heavy atom. The number of carbonyl (C=O) groups excluding carboxylic acids is 1. The van der Waals surface area contributed by atoms with Crippen LogP contribution in [0.25, 0.3) is 21.7 Å². The number of H-pyrrole nitrogens is 1. The van der Waals surface area contributed by atoms with Crippen LogP contribution in [0.1, 0.15) is 29.7 Å². The predicted molar refractivity (Wildman–Crippen MR) is 118 cm³/mol. The molecule has 2 N–H and O–H groups in total. The molecule has 0 aliphatic carbocycles. The van der Waals surface area contributed by atoms with Gasteiger partial charge in [-0.2, -0.15) is 5.10 Å². The van der Waals surface area contributed by atoms with Crippen LogP contribution in [-0.4, -0.2) is 24.2 Å². The number of hydrazone groups is 1. The summed E-state index contributed by atoms with van der Waals surface area (Å²) in [6.45, 7) is 3.88. The third-order valence-electron chi connectivity index (χ3n) is 5.28. The van der Waals surface area contributed by atoms with Crippen LogP contribution in [0.15, 0.2) is 65.8 Å². The standard InChI is InChI=1S/C24H23N3O2/c1-15(17-8-9-19-13-20(29-3)11-10-18(19)12-17)24(28)27-25-14-22-16(2)26-23-7-5-4-6-21(22)23/h4-15,26H,1-3H3,(H,27,28)/b25-14-/t15-/m1/s1. The number of para-hydroxylation sites is 1. The van der Waals surface area contributed by atoms with E-state index in [-0.39, 0.29) is 11.8 Å². The van der Waals surface area contributed by atoms with Gasteiger partial charge in [-0.15, -0.1) is 0 Å². The van der Waals surface area contributed by atoms with Crippen LogP contribution < -0.4 is 10.2 Å². The second-order valence-electron chi connectivity index (χ2n) is 7.14. The van der Waals surface area contributed by atoms with E-state index in [0.717, 1.165) is 44.2 Å². The summed E-state index contributed by atoms with van der Waals surface area (Å²) in [5, 5.41) is 7.43. The van der Waals surface area contributed by atoms with Gasteiger partial charge in [0.15, 0.2) is 0 Å². The predicted octanol–water partition coefficient (Wildman–Crippen LogP) is 4.89. The monoisotopic (exact) mass is 385 g/mol. The van der Waals surface area contributed by atoms with Crippen molar-refractivity contribution in [2.75, 3.05) is 7.11 Å². The number of carbonyl (C=O) groups is 1. The third kappa shape index (κ3) is 3.72. The molecule has 0 radical (unpaired) electrons. The summed E-state index contributed by atoms with van der Waals surface area (Å²) in [6.07, 6.45) is 1.70. The Balaban J connectivity index is 1.50. The maximum atomic E-state index is 12.6. The summed E-state index contributed by atoms with van der Waals surface area (Å²) < 4.78 is 5.27. The number of benzene rings is 3. The lowest BCUT2D eigenvalue weighted by Gasteiger charge is -2.11. The molecule has 1 atom stereocenters. The van der Waals surface area contributed by atoms with Gasteiger partial charge in [-0.25, -0.2) is 5.43 Å². The molecule has 146 valence electrons. The summed E-state index contributed by atoms with van der Waals surface area (Å²) in [5.74, 6) is 0.354. The van der Waals surface area contributed by atoms with Crippen LogP contribution in [0.5, 0.6) is 5.75 Å². The topological polar surface area (TPSA) is 66.5 Å². The van der Waals surface area contributed by atoms with Crippen LogP contribution in [0.4, 0.5) is 0 Å². The van der Waals surface area contributed by atoms with Crippen molar-refractivity contribution in [3.63, 3.8) is 0 Å². The van der Waals surface area contributed by atoms with Gasteiger partial charge < -0.3 is 9.72 Å². The van der Waals surface area contributed by atoms with E-state index in [4.69, 9.17) is 4.74 Å². The molecular formula is C24H23N3O2. The number of nitrogens with zero attached hydrogens (tertiary/aromatic N) is 1. The maximum absolute atomic E-state index is 12.6. The molecule has 0 aliphatic heterocycles. The van der Waals surface area contributed by atoms with E-state index in [9.17, 15) is 4.79 Å². The number of aryl methyl sites for hydroxylation is 1. The van der Waals surface area contributed by atoms with E-state index >= 15 is 0 Å². The van der Waals surface area contributed by atoms with Crippen LogP contribution in [-0.2, 0) is 4.79 Å². The van der Waals surface area contributed by atoms with Crippen LogP contribution in [0, 0.1) is 6.92 Å². The van der Waals surface area contributed by atoms with Crippen molar-refractivity contribution in [1.29, 1.82) is 0 Å². The number of rotatable bonds is 5. The average Bonchev–Trinajstić information content (AvgIpc) is 3.07. The van der Waals surface area contributed by atoms with Gasteiger partial charge in [0.25, 0.3) is 0 Å². The number of hydrogen-bond acceptors (Lipinski definition) is 3. The zero-order valence-corrected chi connectivity index (χ0v) is 16.7. The fourth-order valence-corrected chi connectivity index (χ4v) is 3.51. The Hall–Kier alpha value is -3.60.